The monoisotopic (exact) mass is 230 g/mol. The highest BCUT2D eigenvalue weighted by Gasteiger charge is 2.13. The lowest BCUT2D eigenvalue weighted by molar-refractivity contribution is 0.509. The van der Waals surface area contributed by atoms with Crippen molar-refractivity contribution in [1.82, 2.24) is 10.3 Å². The van der Waals surface area contributed by atoms with E-state index in [4.69, 9.17) is 4.42 Å². The molecule has 0 bridgehead atoms. The summed E-state index contributed by atoms with van der Waals surface area (Å²) < 4.78 is 5.37. The molecule has 2 aromatic rings. The zero-order chi connectivity index (χ0) is 12.1. The van der Waals surface area contributed by atoms with Crippen molar-refractivity contribution in [3.63, 3.8) is 0 Å². The summed E-state index contributed by atoms with van der Waals surface area (Å²) in [5, 5.41) is 3.46. The first-order valence-corrected chi connectivity index (χ1v) is 5.98. The zero-order valence-corrected chi connectivity index (χ0v) is 10.3. The van der Waals surface area contributed by atoms with Crippen LogP contribution >= 0.6 is 0 Å². The van der Waals surface area contributed by atoms with Crippen LogP contribution in [0.25, 0.3) is 0 Å². The Labute approximate surface area is 102 Å². The molecule has 3 nitrogen and oxygen atoms in total. The van der Waals surface area contributed by atoms with Crippen molar-refractivity contribution >= 4 is 0 Å². The maximum atomic E-state index is 5.37. The molecule has 3 heteroatoms. The van der Waals surface area contributed by atoms with Crippen molar-refractivity contribution in [3.8, 4) is 0 Å². The summed E-state index contributed by atoms with van der Waals surface area (Å²) in [5.41, 5.74) is 2.28. The fourth-order valence-corrected chi connectivity index (χ4v) is 1.93. The fraction of sp³-hybridized carbons (Fsp3) is 0.357. The van der Waals surface area contributed by atoms with Crippen molar-refractivity contribution < 1.29 is 4.42 Å². The molecule has 1 unspecified atom stereocenters. The van der Waals surface area contributed by atoms with E-state index in [1.54, 1.807) is 0 Å². The first-order chi connectivity index (χ1) is 8.29. The predicted octanol–water partition coefficient (Wildman–Crippen LogP) is 2.88. The van der Waals surface area contributed by atoms with Crippen LogP contribution in [0.3, 0.4) is 0 Å². The van der Waals surface area contributed by atoms with Crippen LogP contribution in [0.1, 0.15) is 30.0 Å². The summed E-state index contributed by atoms with van der Waals surface area (Å²) in [6.45, 7) is 5.01. The summed E-state index contributed by atoms with van der Waals surface area (Å²) >= 11 is 0. The number of hydrogen-bond acceptors (Lipinski definition) is 3. The molecule has 0 aliphatic rings. The molecule has 90 valence electrons. The standard InChI is InChI=1S/C14H18N2O/c1-3-15-14(12-8-11(2)17-10-12)9-13-6-4-5-7-16-13/h4-8,10,14-15H,3,9H2,1-2H3. The van der Waals surface area contributed by atoms with Crippen molar-refractivity contribution in [2.24, 2.45) is 0 Å². The smallest absolute Gasteiger partial charge is 0.101 e. The molecule has 2 heterocycles. The van der Waals surface area contributed by atoms with Gasteiger partial charge in [-0.05, 0) is 31.7 Å². The van der Waals surface area contributed by atoms with E-state index < -0.39 is 0 Å². The molecule has 0 radical (unpaired) electrons. The van der Waals surface area contributed by atoms with Crippen LogP contribution in [0, 0.1) is 6.92 Å². The molecule has 0 aromatic carbocycles. The van der Waals surface area contributed by atoms with Gasteiger partial charge in [-0.2, -0.15) is 0 Å². The highest BCUT2D eigenvalue weighted by atomic mass is 16.3. The van der Waals surface area contributed by atoms with Gasteiger partial charge in [0.2, 0.25) is 0 Å². The molecule has 0 spiro atoms. The van der Waals surface area contributed by atoms with Crippen LogP contribution < -0.4 is 5.32 Å². The average Bonchev–Trinajstić information content (AvgIpc) is 2.77. The topological polar surface area (TPSA) is 38.1 Å². The third kappa shape index (κ3) is 3.17. The minimum absolute atomic E-state index is 0.271. The Morgan fingerprint density at radius 2 is 2.29 bits per heavy atom. The molecule has 0 saturated carbocycles. The van der Waals surface area contributed by atoms with Gasteiger partial charge in [-0.15, -0.1) is 0 Å². The summed E-state index contributed by atoms with van der Waals surface area (Å²) in [4.78, 5) is 4.36. The van der Waals surface area contributed by atoms with Crippen molar-refractivity contribution in [3.05, 3.63) is 53.7 Å². The first kappa shape index (κ1) is 11.9. The van der Waals surface area contributed by atoms with Gasteiger partial charge in [0, 0.05) is 29.9 Å². The van der Waals surface area contributed by atoms with E-state index in [1.807, 2.05) is 31.5 Å². The molecule has 0 aliphatic carbocycles. The Morgan fingerprint density at radius 3 is 2.88 bits per heavy atom. The van der Waals surface area contributed by atoms with Gasteiger partial charge in [-0.1, -0.05) is 13.0 Å². The van der Waals surface area contributed by atoms with Crippen LogP contribution in [-0.2, 0) is 6.42 Å². The molecule has 0 fully saturated rings. The number of pyridine rings is 1. The SMILES string of the molecule is CCNC(Cc1ccccn1)c1coc(C)c1. The van der Waals surface area contributed by atoms with Crippen LogP contribution in [0.2, 0.25) is 0 Å². The van der Waals surface area contributed by atoms with Gasteiger partial charge in [0.1, 0.15) is 5.76 Å². The van der Waals surface area contributed by atoms with E-state index in [9.17, 15) is 0 Å². The number of likely N-dealkylation sites (N-methyl/N-ethyl adjacent to an activating group) is 1. The quantitative estimate of drug-likeness (QED) is 0.858. The van der Waals surface area contributed by atoms with Gasteiger partial charge in [0.15, 0.2) is 0 Å². The largest absolute Gasteiger partial charge is 0.469 e. The zero-order valence-electron chi connectivity index (χ0n) is 10.3. The first-order valence-electron chi connectivity index (χ1n) is 5.98. The lowest BCUT2D eigenvalue weighted by atomic mass is 10.0. The molecule has 2 aromatic heterocycles. The highest BCUT2D eigenvalue weighted by Crippen LogP contribution is 2.19. The van der Waals surface area contributed by atoms with Gasteiger partial charge >= 0.3 is 0 Å². The van der Waals surface area contributed by atoms with Crippen LogP contribution in [0.15, 0.2) is 41.1 Å². The molecule has 0 aliphatic heterocycles. The predicted molar refractivity (Wildman–Crippen MR) is 67.8 cm³/mol. The summed E-state index contributed by atoms with van der Waals surface area (Å²) in [6, 6.07) is 8.36. The lowest BCUT2D eigenvalue weighted by Gasteiger charge is -2.15. The van der Waals surface area contributed by atoms with E-state index in [2.05, 4.69) is 29.4 Å². The number of hydrogen-bond donors (Lipinski definition) is 1. The maximum absolute atomic E-state index is 5.37. The van der Waals surface area contributed by atoms with Gasteiger partial charge < -0.3 is 9.73 Å². The fourth-order valence-electron chi connectivity index (χ4n) is 1.93. The second kappa shape index (κ2) is 5.64. The number of furan rings is 1. The normalized spacial score (nSPS) is 12.6. The molecule has 1 atom stereocenters. The summed E-state index contributed by atoms with van der Waals surface area (Å²) in [7, 11) is 0. The summed E-state index contributed by atoms with van der Waals surface area (Å²) in [5.74, 6) is 0.948. The van der Waals surface area contributed by atoms with Crippen molar-refractivity contribution in [2.45, 2.75) is 26.3 Å². The Balaban J connectivity index is 2.13. The molecular weight excluding hydrogens is 212 g/mol. The van der Waals surface area contributed by atoms with Gasteiger partial charge in [-0.25, -0.2) is 0 Å². The van der Waals surface area contributed by atoms with Gasteiger partial charge in [0.05, 0.1) is 6.26 Å². The molecule has 0 amide bonds. The minimum Gasteiger partial charge on any atom is -0.469 e. The second-order valence-electron chi connectivity index (χ2n) is 4.13. The van der Waals surface area contributed by atoms with Crippen molar-refractivity contribution in [1.29, 1.82) is 0 Å². The third-order valence-corrected chi connectivity index (χ3v) is 2.74. The highest BCUT2D eigenvalue weighted by molar-refractivity contribution is 5.19. The maximum Gasteiger partial charge on any atom is 0.101 e. The van der Waals surface area contributed by atoms with Crippen LogP contribution in [-0.4, -0.2) is 11.5 Å². The molecule has 17 heavy (non-hydrogen) atoms. The Morgan fingerprint density at radius 1 is 1.41 bits per heavy atom. The lowest BCUT2D eigenvalue weighted by Crippen LogP contribution is -2.22. The molecule has 0 saturated heterocycles. The average molecular weight is 230 g/mol. The van der Waals surface area contributed by atoms with E-state index in [1.165, 1.54) is 5.56 Å². The molecule has 1 N–H and O–H groups in total. The Bertz CT molecular complexity index is 450. The third-order valence-electron chi connectivity index (χ3n) is 2.74. The number of rotatable bonds is 5. The van der Waals surface area contributed by atoms with E-state index in [0.29, 0.717) is 0 Å². The minimum atomic E-state index is 0.271. The van der Waals surface area contributed by atoms with Crippen LogP contribution in [0.4, 0.5) is 0 Å². The second-order valence-corrected chi connectivity index (χ2v) is 4.13. The summed E-state index contributed by atoms with van der Waals surface area (Å²) in [6.07, 6.45) is 4.54. The Hall–Kier alpha value is -1.61. The molecular formula is C14H18N2O. The molecule has 2 rings (SSSR count). The van der Waals surface area contributed by atoms with Crippen molar-refractivity contribution in [2.75, 3.05) is 6.54 Å². The Kier molecular flexibility index (Phi) is 3.94. The van der Waals surface area contributed by atoms with Gasteiger partial charge in [0.25, 0.3) is 0 Å². The number of aromatic nitrogens is 1. The number of aryl methyl sites for hydroxylation is 1. The van der Waals surface area contributed by atoms with E-state index in [0.717, 1.165) is 24.4 Å². The number of nitrogens with one attached hydrogen (secondary N) is 1. The van der Waals surface area contributed by atoms with Crippen LogP contribution in [0.5, 0.6) is 0 Å². The van der Waals surface area contributed by atoms with E-state index in [-0.39, 0.29) is 6.04 Å². The van der Waals surface area contributed by atoms with Gasteiger partial charge in [-0.3, -0.25) is 4.98 Å². The van der Waals surface area contributed by atoms with E-state index >= 15 is 0 Å². The number of nitrogens with zero attached hydrogens (tertiary/aromatic N) is 1.